The summed E-state index contributed by atoms with van der Waals surface area (Å²) >= 11 is 0. The molecule has 1 atom stereocenters. The number of nitrogens with one attached hydrogen (secondary N) is 2. The summed E-state index contributed by atoms with van der Waals surface area (Å²) in [5, 5.41) is 5.25. The van der Waals surface area contributed by atoms with E-state index >= 15 is 0 Å². The van der Waals surface area contributed by atoms with Crippen molar-refractivity contribution in [3.63, 3.8) is 0 Å². The minimum atomic E-state index is -0.980. The maximum Gasteiger partial charge on any atom is 0.326 e. The molecule has 148 valence electrons. The van der Waals surface area contributed by atoms with Gasteiger partial charge in [-0.3, -0.25) is 14.4 Å². The first-order valence-corrected chi connectivity index (χ1v) is 9.10. The Hall–Kier alpha value is -3.15. The molecule has 0 heterocycles. The molecule has 2 rings (SSSR count). The van der Waals surface area contributed by atoms with Gasteiger partial charge in [-0.05, 0) is 69.5 Å². The van der Waals surface area contributed by atoms with Crippen molar-refractivity contribution in [1.82, 2.24) is 5.32 Å². The van der Waals surface area contributed by atoms with Crippen LogP contribution in [0.15, 0.2) is 36.4 Å². The van der Waals surface area contributed by atoms with Crippen molar-refractivity contribution in [2.45, 2.75) is 40.7 Å². The predicted octanol–water partition coefficient (Wildman–Crippen LogP) is 3.22. The van der Waals surface area contributed by atoms with Crippen LogP contribution in [0.3, 0.4) is 0 Å². The lowest BCUT2D eigenvalue weighted by atomic mass is 10.1. The zero-order valence-electron chi connectivity index (χ0n) is 16.9. The van der Waals surface area contributed by atoms with E-state index < -0.39 is 18.0 Å². The molecular weight excluding hydrogens is 356 g/mol. The lowest BCUT2D eigenvalue weighted by molar-refractivity contribution is -0.152. The molecule has 0 fully saturated rings. The number of anilines is 1. The lowest BCUT2D eigenvalue weighted by Gasteiger charge is -2.15. The molecule has 28 heavy (non-hydrogen) atoms. The van der Waals surface area contributed by atoms with Crippen LogP contribution in [-0.4, -0.2) is 30.4 Å². The highest BCUT2D eigenvalue weighted by Gasteiger charge is 2.19. The molecule has 0 radical (unpaired) electrons. The van der Waals surface area contributed by atoms with Gasteiger partial charge in [0, 0.05) is 11.3 Å². The Balaban J connectivity index is 1.85. The minimum absolute atomic E-state index is 0.313. The minimum Gasteiger partial charge on any atom is -0.451 e. The number of amides is 2. The smallest absolute Gasteiger partial charge is 0.326 e. The Morgan fingerprint density at radius 2 is 1.64 bits per heavy atom. The van der Waals surface area contributed by atoms with Gasteiger partial charge >= 0.3 is 5.97 Å². The zero-order chi connectivity index (χ0) is 20.8. The average Bonchev–Trinajstić information content (AvgIpc) is 2.64. The molecule has 0 bridgehead atoms. The topological polar surface area (TPSA) is 84.5 Å². The standard InChI is InChI=1S/C22H26N2O4/c1-13-6-9-19(16(4)10-13)24-21(26)17(5)28-20(25)12-23-22(27)18-8-7-14(2)15(3)11-18/h6-11,17H,12H2,1-5H3,(H,23,27)(H,24,26)/t17-/m1/s1. The van der Waals surface area contributed by atoms with Crippen molar-refractivity contribution in [3.8, 4) is 0 Å². The molecule has 2 aromatic carbocycles. The molecule has 0 aliphatic rings. The van der Waals surface area contributed by atoms with Crippen LogP contribution in [0.25, 0.3) is 0 Å². The summed E-state index contributed by atoms with van der Waals surface area (Å²) in [6, 6.07) is 11.0. The van der Waals surface area contributed by atoms with Gasteiger partial charge in [-0.15, -0.1) is 0 Å². The largest absolute Gasteiger partial charge is 0.451 e. The first kappa shape index (κ1) is 21.2. The third kappa shape index (κ3) is 5.67. The molecule has 2 amide bonds. The quantitative estimate of drug-likeness (QED) is 0.752. The molecule has 0 aliphatic heterocycles. The Morgan fingerprint density at radius 3 is 2.29 bits per heavy atom. The first-order chi connectivity index (χ1) is 13.2. The fourth-order valence-electron chi connectivity index (χ4n) is 2.62. The van der Waals surface area contributed by atoms with Gasteiger partial charge in [0.05, 0.1) is 0 Å². The number of rotatable bonds is 6. The third-order valence-corrected chi connectivity index (χ3v) is 4.48. The van der Waals surface area contributed by atoms with Gasteiger partial charge in [0.15, 0.2) is 6.10 Å². The summed E-state index contributed by atoms with van der Waals surface area (Å²) in [6.07, 6.45) is -0.980. The SMILES string of the molecule is Cc1ccc(NC(=O)[C@@H](C)OC(=O)CNC(=O)c2ccc(C)c(C)c2)c(C)c1. The molecule has 0 unspecified atom stereocenters. The Kier molecular flexibility index (Phi) is 6.93. The van der Waals surface area contributed by atoms with Crippen molar-refractivity contribution in [2.24, 2.45) is 0 Å². The van der Waals surface area contributed by atoms with Gasteiger partial charge in [0.2, 0.25) is 0 Å². The van der Waals surface area contributed by atoms with Gasteiger partial charge in [0.25, 0.3) is 11.8 Å². The second-order valence-electron chi connectivity index (χ2n) is 6.92. The maximum atomic E-state index is 12.2. The number of aryl methyl sites for hydroxylation is 4. The van der Waals surface area contributed by atoms with E-state index in [0.717, 1.165) is 22.3 Å². The van der Waals surface area contributed by atoms with Crippen LogP contribution in [0.4, 0.5) is 5.69 Å². The summed E-state index contributed by atoms with van der Waals surface area (Å²) in [6.45, 7) is 8.90. The molecular formula is C22H26N2O4. The van der Waals surface area contributed by atoms with E-state index in [1.165, 1.54) is 6.92 Å². The fourth-order valence-corrected chi connectivity index (χ4v) is 2.62. The van der Waals surface area contributed by atoms with E-state index in [1.807, 2.05) is 45.9 Å². The summed E-state index contributed by atoms with van der Waals surface area (Å²) in [5.41, 5.74) is 5.23. The molecule has 0 aliphatic carbocycles. The van der Waals surface area contributed by atoms with E-state index in [2.05, 4.69) is 10.6 Å². The van der Waals surface area contributed by atoms with E-state index in [0.29, 0.717) is 11.3 Å². The monoisotopic (exact) mass is 382 g/mol. The Bertz CT molecular complexity index is 905. The molecule has 0 aromatic heterocycles. The van der Waals surface area contributed by atoms with Crippen molar-refractivity contribution >= 4 is 23.5 Å². The molecule has 0 saturated carbocycles. The van der Waals surface area contributed by atoms with Crippen molar-refractivity contribution in [2.75, 3.05) is 11.9 Å². The highest BCUT2D eigenvalue weighted by molar-refractivity contribution is 5.97. The molecule has 0 saturated heterocycles. The predicted molar refractivity (Wildman–Crippen MR) is 108 cm³/mol. The van der Waals surface area contributed by atoms with Crippen LogP contribution >= 0.6 is 0 Å². The van der Waals surface area contributed by atoms with Crippen molar-refractivity contribution in [1.29, 1.82) is 0 Å². The Labute approximate surface area is 165 Å². The highest BCUT2D eigenvalue weighted by Crippen LogP contribution is 2.16. The normalized spacial score (nSPS) is 11.5. The lowest BCUT2D eigenvalue weighted by Crippen LogP contribution is -2.36. The highest BCUT2D eigenvalue weighted by atomic mass is 16.5. The van der Waals surface area contributed by atoms with Gasteiger partial charge in [-0.25, -0.2) is 0 Å². The van der Waals surface area contributed by atoms with E-state index in [1.54, 1.807) is 18.2 Å². The van der Waals surface area contributed by atoms with Crippen LogP contribution in [0, 0.1) is 27.7 Å². The van der Waals surface area contributed by atoms with Crippen molar-refractivity contribution in [3.05, 3.63) is 64.2 Å². The Morgan fingerprint density at radius 1 is 0.929 bits per heavy atom. The van der Waals surface area contributed by atoms with E-state index in [9.17, 15) is 14.4 Å². The molecule has 6 heteroatoms. The number of carbonyl (C=O) groups excluding carboxylic acids is 3. The fraction of sp³-hybridized carbons (Fsp3) is 0.318. The van der Waals surface area contributed by atoms with E-state index in [-0.39, 0.29) is 12.5 Å². The second-order valence-corrected chi connectivity index (χ2v) is 6.92. The van der Waals surface area contributed by atoms with Crippen LogP contribution < -0.4 is 10.6 Å². The molecule has 2 aromatic rings. The summed E-state index contributed by atoms with van der Waals surface area (Å²) in [4.78, 5) is 36.3. The molecule has 0 spiro atoms. The average molecular weight is 382 g/mol. The summed E-state index contributed by atoms with van der Waals surface area (Å²) < 4.78 is 5.11. The van der Waals surface area contributed by atoms with Crippen LogP contribution in [0.2, 0.25) is 0 Å². The van der Waals surface area contributed by atoms with Crippen LogP contribution in [-0.2, 0) is 14.3 Å². The number of carbonyl (C=O) groups is 3. The molecule has 6 nitrogen and oxygen atoms in total. The zero-order valence-corrected chi connectivity index (χ0v) is 16.9. The van der Waals surface area contributed by atoms with Gasteiger partial charge in [0.1, 0.15) is 6.54 Å². The number of ether oxygens (including phenoxy) is 1. The second kappa shape index (κ2) is 9.17. The summed E-state index contributed by atoms with van der Waals surface area (Å²) in [7, 11) is 0. The van der Waals surface area contributed by atoms with Crippen LogP contribution in [0.1, 0.15) is 39.5 Å². The van der Waals surface area contributed by atoms with Gasteiger partial charge in [-0.1, -0.05) is 23.8 Å². The summed E-state index contributed by atoms with van der Waals surface area (Å²) in [5.74, 6) is -1.48. The third-order valence-electron chi connectivity index (χ3n) is 4.48. The number of benzene rings is 2. The van der Waals surface area contributed by atoms with Crippen molar-refractivity contribution < 1.29 is 19.1 Å². The number of hydrogen-bond acceptors (Lipinski definition) is 4. The number of hydrogen-bond donors (Lipinski definition) is 2. The van der Waals surface area contributed by atoms with Gasteiger partial charge in [-0.2, -0.15) is 0 Å². The number of esters is 1. The first-order valence-electron chi connectivity index (χ1n) is 9.10. The van der Waals surface area contributed by atoms with Crippen LogP contribution in [0.5, 0.6) is 0 Å². The molecule has 2 N–H and O–H groups in total. The maximum absolute atomic E-state index is 12.2. The van der Waals surface area contributed by atoms with Gasteiger partial charge < -0.3 is 15.4 Å². The van der Waals surface area contributed by atoms with E-state index in [4.69, 9.17) is 4.74 Å².